The first-order valence-corrected chi connectivity index (χ1v) is 11.6. The molecule has 32 heavy (non-hydrogen) atoms. The smallest absolute Gasteiger partial charge is 0.262 e. The van der Waals surface area contributed by atoms with Gasteiger partial charge in [-0.1, -0.05) is 17.0 Å². The summed E-state index contributed by atoms with van der Waals surface area (Å²) in [5.41, 5.74) is 1.74. The summed E-state index contributed by atoms with van der Waals surface area (Å²) >= 11 is 0. The number of amides is 2. The van der Waals surface area contributed by atoms with Crippen molar-refractivity contribution in [3.8, 4) is 0 Å². The number of morpholine rings is 1. The van der Waals surface area contributed by atoms with E-state index < -0.39 is 10.0 Å². The van der Waals surface area contributed by atoms with Gasteiger partial charge in [-0.2, -0.15) is 0 Å². The van der Waals surface area contributed by atoms with Gasteiger partial charge < -0.3 is 15.0 Å². The average Bonchev–Trinajstić information content (AvgIpc) is 2.76. The minimum atomic E-state index is -3.78. The number of nitrogens with zero attached hydrogens (tertiary/aromatic N) is 1. The number of hydrogen-bond acceptors (Lipinski definition) is 6. The van der Waals surface area contributed by atoms with Crippen molar-refractivity contribution in [3.63, 3.8) is 0 Å². The van der Waals surface area contributed by atoms with Gasteiger partial charge in [0.2, 0.25) is 0 Å². The van der Waals surface area contributed by atoms with Crippen LogP contribution in [-0.4, -0.2) is 57.5 Å². The predicted molar refractivity (Wildman–Crippen MR) is 117 cm³/mol. The van der Waals surface area contributed by atoms with Crippen LogP contribution < -0.4 is 10.2 Å². The average molecular weight is 462 g/mol. The van der Waals surface area contributed by atoms with Crippen molar-refractivity contribution in [1.29, 1.82) is 0 Å². The number of sulfonamides is 1. The van der Waals surface area contributed by atoms with Crippen LogP contribution in [0.2, 0.25) is 0 Å². The summed E-state index contributed by atoms with van der Waals surface area (Å²) in [5.74, 6) is -0.384. The number of nitrogens with one attached hydrogen (secondary N) is 2. The molecule has 2 atom stereocenters. The number of carbonyl (C=O) groups excluding carboxylic acids is 2. The van der Waals surface area contributed by atoms with Crippen molar-refractivity contribution < 1.29 is 27.6 Å². The van der Waals surface area contributed by atoms with Crippen LogP contribution in [-0.2, 0) is 26.1 Å². The lowest BCUT2D eigenvalue weighted by molar-refractivity contribution is -0.0586. The Balaban J connectivity index is 1.57. The topological polar surface area (TPSA) is 114 Å². The van der Waals surface area contributed by atoms with Crippen LogP contribution in [0.3, 0.4) is 0 Å². The second kappa shape index (κ2) is 10.2. The second-order valence-corrected chi connectivity index (χ2v) is 9.31. The Bertz CT molecular complexity index is 1040. The summed E-state index contributed by atoms with van der Waals surface area (Å²) in [6, 6.07) is 12.6. The van der Waals surface area contributed by atoms with Gasteiger partial charge in [0.05, 0.1) is 24.2 Å². The summed E-state index contributed by atoms with van der Waals surface area (Å²) < 4.78 is 29.4. The van der Waals surface area contributed by atoms with Crippen molar-refractivity contribution in [2.75, 3.05) is 20.2 Å². The first-order chi connectivity index (χ1) is 15.2. The molecule has 0 radical (unpaired) electrons. The van der Waals surface area contributed by atoms with Gasteiger partial charge >= 0.3 is 0 Å². The molecule has 3 rings (SSSR count). The minimum absolute atomic E-state index is 0.00241. The molecule has 0 aliphatic carbocycles. The normalized spacial score (nSPS) is 18.9. The molecule has 0 aromatic heterocycles. The molecule has 2 aromatic rings. The maximum Gasteiger partial charge on any atom is 0.262 e. The fourth-order valence-electron chi connectivity index (χ4n) is 3.52. The molecule has 172 valence electrons. The highest BCUT2D eigenvalue weighted by molar-refractivity contribution is 7.89. The number of carbonyl (C=O) groups is 2. The fraction of sp³-hybridized carbons (Fsp3) is 0.364. The molecule has 2 aromatic carbocycles. The monoisotopic (exact) mass is 461 g/mol. The molecular formula is C22H27N3O6S. The van der Waals surface area contributed by atoms with Gasteiger partial charge in [0.15, 0.2) is 0 Å². The molecule has 1 aliphatic rings. The number of rotatable bonds is 7. The Hall–Kier alpha value is -2.79. The van der Waals surface area contributed by atoms with Crippen molar-refractivity contribution in [1.82, 2.24) is 15.1 Å². The molecule has 10 heteroatoms. The Morgan fingerprint density at radius 3 is 2.12 bits per heavy atom. The third kappa shape index (κ3) is 5.92. The van der Waals surface area contributed by atoms with Crippen molar-refractivity contribution in [3.05, 3.63) is 65.2 Å². The highest BCUT2D eigenvalue weighted by Gasteiger charge is 2.26. The zero-order valence-corrected chi connectivity index (χ0v) is 19.0. The van der Waals surface area contributed by atoms with E-state index in [0.717, 1.165) is 5.56 Å². The Morgan fingerprint density at radius 2 is 1.56 bits per heavy atom. The molecule has 0 bridgehead atoms. The van der Waals surface area contributed by atoms with Crippen LogP contribution in [0.25, 0.3) is 0 Å². The zero-order valence-electron chi connectivity index (χ0n) is 18.2. The van der Waals surface area contributed by atoms with Crippen molar-refractivity contribution in [2.24, 2.45) is 0 Å². The lowest BCUT2D eigenvalue weighted by Gasteiger charge is -2.35. The standard InChI is InChI=1S/C22H27N3O6S/c1-15-13-25(14-16(2)31-15)22(27)19-6-4-17(5-7-19)12-23-21(26)18-8-10-20(11-9-18)32(28,29)24-30-3/h4-11,15-16,24H,12-14H2,1-3H3,(H,23,26). The quantitative estimate of drug-likeness (QED) is 0.607. The van der Waals surface area contributed by atoms with E-state index in [1.165, 1.54) is 31.4 Å². The molecule has 9 nitrogen and oxygen atoms in total. The first kappa shape index (κ1) is 23.9. The first-order valence-electron chi connectivity index (χ1n) is 10.2. The van der Waals surface area contributed by atoms with Crippen LogP contribution >= 0.6 is 0 Å². The summed E-state index contributed by atoms with van der Waals surface area (Å²) in [7, 11) is -2.58. The predicted octanol–water partition coefficient (Wildman–Crippen LogP) is 1.71. The third-order valence-electron chi connectivity index (χ3n) is 4.98. The van der Waals surface area contributed by atoms with E-state index >= 15 is 0 Å². The molecule has 0 saturated carbocycles. The Morgan fingerprint density at radius 1 is 1.00 bits per heavy atom. The molecule has 2 N–H and O–H groups in total. The maximum atomic E-state index is 12.7. The second-order valence-electron chi connectivity index (χ2n) is 7.66. The van der Waals surface area contributed by atoms with Gasteiger partial charge in [-0.25, -0.2) is 8.42 Å². The molecular weight excluding hydrogens is 434 g/mol. The van der Waals surface area contributed by atoms with Gasteiger partial charge in [0.25, 0.3) is 21.8 Å². The molecule has 2 unspecified atom stereocenters. The van der Waals surface area contributed by atoms with E-state index in [1.807, 2.05) is 18.7 Å². The highest BCUT2D eigenvalue weighted by atomic mass is 32.2. The van der Waals surface area contributed by atoms with E-state index in [-0.39, 0.29) is 35.5 Å². The summed E-state index contributed by atoms with van der Waals surface area (Å²) in [6.07, 6.45) is 0.00482. The largest absolute Gasteiger partial charge is 0.372 e. The van der Waals surface area contributed by atoms with E-state index in [4.69, 9.17) is 4.74 Å². The lowest BCUT2D eigenvalue weighted by atomic mass is 10.1. The number of hydrogen-bond donors (Lipinski definition) is 2. The van der Waals surface area contributed by atoms with E-state index in [9.17, 15) is 18.0 Å². The van der Waals surface area contributed by atoms with E-state index in [0.29, 0.717) is 24.2 Å². The van der Waals surface area contributed by atoms with E-state index in [2.05, 4.69) is 10.2 Å². The molecule has 1 saturated heterocycles. The Labute approximate surface area is 187 Å². The van der Waals surface area contributed by atoms with Crippen LogP contribution in [0.4, 0.5) is 0 Å². The maximum absolute atomic E-state index is 12.7. The Kier molecular flexibility index (Phi) is 7.62. The summed E-state index contributed by atoms with van der Waals surface area (Å²) in [5, 5.41) is 2.78. The molecule has 2 amide bonds. The minimum Gasteiger partial charge on any atom is -0.372 e. The summed E-state index contributed by atoms with van der Waals surface area (Å²) in [6.45, 7) is 5.28. The van der Waals surface area contributed by atoms with Gasteiger partial charge in [-0.05, 0) is 55.8 Å². The zero-order chi connectivity index (χ0) is 23.3. The van der Waals surface area contributed by atoms with Crippen LogP contribution in [0.5, 0.6) is 0 Å². The van der Waals surface area contributed by atoms with Gasteiger partial charge in [0, 0.05) is 30.8 Å². The molecule has 0 spiro atoms. The van der Waals surface area contributed by atoms with Crippen LogP contribution in [0.15, 0.2) is 53.4 Å². The number of ether oxygens (including phenoxy) is 1. The molecule has 1 aliphatic heterocycles. The third-order valence-corrected chi connectivity index (χ3v) is 6.26. The van der Waals surface area contributed by atoms with Gasteiger partial charge in [-0.3, -0.25) is 14.4 Å². The SMILES string of the molecule is CONS(=O)(=O)c1ccc(C(=O)NCc2ccc(C(=O)N3CC(C)OC(C)C3)cc2)cc1. The highest BCUT2D eigenvalue weighted by Crippen LogP contribution is 2.15. The van der Waals surface area contributed by atoms with Crippen LogP contribution in [0, 0.1) is 0 Å². The number of benzene rings is 2. The molecule has 1 fully saturated rings. The van der Waals surface area contributed by atoms with E-state index in [1.54, 1.807) is 29.2 Å². The van der Waals surface area contributed by atoms with Crippen molar-refractivity contribution >= 4 is 21.8 Å². The lowest BCUT2D eigenvalue weighted by Crippen LogP contribution is -2.48. The van der Waals surface area contributed by atoms with Crippen LogP contribution in [0.1, 0.15) is 40.1 Å². The van der Waals surface area contributed by atoms with Crippen molar-refractivity contribution in [2.45, 2.75) is 37.5 Å². The summed E-state index contributed by atoms with van der Waals surface area (Å²) in [4.78, 5) is 33.2. The molecule has 1 heterocycles. The fourth-order valence-corrected chi connectivity index (χ4v) is 4.33. The van der Waals surface area contributed by atoms with Gasteiger partial charge in [-0.15, -0.1) is 0 Å². The van der Waals surface area contributed by atoms with Gasteiger partial charge in [0.1, 0.15) is 0 Å².